The first kappa shape index (κ1) is 12.5. The Morgan fingerprint density at radius 1 is 1.00 bits per heavy atom. The van der Waals surface area contributed by atoms with E-state index in [4.69, 9.17) is 0 Å². The molecule has 9 heavy (non-hydrogen) atoms. The number of hydrogen-bond acceptors (Lipinski definition) is 0. The monoisotopic (exact) mass is 192 g/mol. The van der Waals surface area contributed by atoms with Crippen LogP contribution in [-0.2, 0) is 19.5 Å². The molecule has 0 unspecified atom stereocenters. The van der Waals surface area contributed by atoms with Crippen LogP contribution in [-0.4, -0.2) is 8.80 Å². The maximum atomic E-state index is 4.14. The van der Waals surface area contributed by atoms with Gasteiger partial charge in [-0.3, -0.25) is 0 Å². The van der Waals surface area contributed by atoms with E-state index in [1.165, 1.54) is 31.4 Å². The predicted octanol–water partition coefficient (Wildman–Crippen LogP) is 2.22. The molecule has 0 nitrogen and oxygen atoms in total. The second-order valence-electron chi connectivity index (χ2n) is 2.50. The van der Waals surface area contributed by atoms with Gasteiger partial charge in [-0.2, -0.15) is 0 Å². The Morgan fingerprint density at radius 3 is 1.67 bits per heavy atom. The van der Waals surface area contributed by atoms with Crippen LogP contribution in [0.1, 0.15) is 19.3 Å². The van der Waals surface area contributed by atoms with E-state index in [0.29, 0.717) is 0 Å². The van der Waals surface area contributed by atoms with Gasteiger partial charge in [-0.25, -0.2) is 0 Å². The minimum Gasteiger partial charge on any atom is -0.358 e. The molecule has 0 N–H and O–H groups in total. The molecule has 0 radical (unpaired) electrons. The van der Waals surface area contributed by atoms with Crippen LogP contribution in [0.3, 0.4) is 0 Å². The zero-order valence-electron chi connectivity index (χ0n) is 6.53. The molecule has 0 aromatic rings. The Hall–Kier alpha value is 0.840. The molecule has 1 aliphatic rings. The van der Waals surface area contributed by atoms with Crippen LogP contribution in [0.5, 0.6) is 0 Å². The van der Waals surface area contributed by atoms with Crippen molar-refractivity contribution in [2.75, 3.05) is 0 Å². The first-order valence-corrected chi connectivity index (χ1v) is 5.67. The molecule has 1 heterocycles. The molecular formula is C7H16SiZn. The molecule has 0 bridgehead atoms. The minimum atomic E-state index is -0.345. The molecule has 1 saturated heterocycles. The van der Waals surface area contributed by atoms with Crippen LogP contribution >= 0.6 is 0 Å². The van der Waals surface area contributed by atoms with Gasteiger partial charge in [0.15, 0.2) is 0 Å². The standard InChI is InChI=1S/C6H13Si.CH3.Zn/c1-7-5-3-2-4-6-7;;/h7H,1-6H2;1H3;/q2*-1;+2. The van der Waals surface area contributed by atoms with Crippen molar-refractivity contribution < 1.29 is 19.5 Å². The van der Waals surface area contributed by atoms with E-state index in [0.717, 1.165) is 0 Å². The van der Waals surface area contributed by atoms with Gasteiger partial charge in [0.1, 0.15) is 0 Å². The number of rotatable bonds is 0. The van der Waals surface area contributed by atoms with E-state index in [-0.39, 0.29) is 35.7 Å². The fourth-order valence-electron chi connectivity index (χ4n) is 1.19. The molecule has 1 aliphatic heterocycles. The molecule has 1 fully saturated rings. The van der Waals surface area contributed by atoms with Crippen LogP contribution in [0.4, 0.5) is 0 Å². The third-order valence-electron chi connectivity index (χ3n) is 1.72. The van der Waals surface area contributed by atoms with E-state index >= 15 is 0 Å². The molecule has 0 aliphatic carbocycles. The molecule has 50 valence electrons. The average Bonchev–Trinajstić information content (AvgIpc) is 1.69. The fraction of sp³-hybridized carbons (Fsp3) is 0.714. The summed E-state index contributed by atoms with van der Waals surface area (Å²) in [6.45, 7) is 4.14. The average molecular weight is 194 g/mol. The van der Waals surface area contributed by atoms with Gasteiger partial charge >= 0.3 is 19.5 Å². The van der Waals surface area contributed by atoms with Crippen molar-refractivity contribution in [2.24, 2.45) is 0 Å². The maximum Gasteiger partial charge on any atom is 2.00 e. The van der Waals surface area contributed by atoms with Crippen molar-refractivity contribution in [3.63, 3.8) is 0 Å². The SMILES string of the molecule is [CH2-][SiH]1CCCCC1.[CH3-].[Zn+2]. The molecular weight excluding hydrogens is 178 g/mol. The van der Waals surface area contributed by atoms with Gasteiger partial charge in [-0.15, -0.1) is 8.80 Å². The Morgan fingerprint density at radius 2 is 1.44 bits per heavy atom. The molecule has 0 aromatic heterocycles. The third-order valence-corrected chi connectivity index (χ3v) is 4.17. The van der Waals surface area contributed by atoms with Gasteiger partial charge in [0.2, 0.25) is 0 Å². The van der Waals surface area contributed by atoms with Crippen molar-refractivity contribution in [3.05, 3.63) is 14.0 Å². The van der Waals surface area contributed by atoms with Crippen molar-refractivity contribution >= 4 is 8.80 Å². The van der Waals surface area contributed by atoms with E-state index in [1.54, 1.807) is 0 Å². The van der Waals surface area contributed by atoms with E-state index in [2.05, 4.69) is 6.55 Å². The Bertz CT molecular complexity index is 50.9. The fourth-order valence-corrected chi connectivity index (χ4v) is 3.21. The zero-order valence-corrected chi connectivity index (χ0v) is 10.6. The third kappa shape index (κ3) is 5.29. The molecule has 1 rings (SSSR count). The summed E-state index contributed by atoms with van der Waals surface area (Å²) in [6, 6.07) is 3.03. The van der Waals surface area contributed by atoms with Crippen LogP contribution in [0.15, 0.2) is 0 Å². The van der Waals surface area contributed by atoms with Gasteiger partial charge in [0.05, 0.1) is 0 Å². The van der Waals surface area contributed by atoms with Crippen molar-refractivity contribution in [2.45, 2.75) is 31.4 Å². The van der Waals surface area contributed by atoms with Crippen molar-refractivity contribution in [1.29, 1.82) is 0 Å². The normalized spacial score (nSPS) is 19.7. The van der Waals surface area contributed by atoms with E-state index < -0.39 is 0 Å². The second-order valence-corrected chi connectivity index (χ2v) is 5.39. The molecule has 0 aromatic carbocycles. The summed E-state index contributed by atoms with van der Waals surface area (Å²) in [7, 11) is -0.345. The molecule has 0 spiro atoms. The van der Waals surface area contributed by atoms with Gasteiger partial charge in [-0.05, 0) is 0 Å². The molecule has 0 atom stereocenters. The van der Waals surface area contributed by atoms with Crippen LogP contribution < -0.4 is 0 Å². The van der Waals surface area contributed by atoms with Crippen molar-refractivity contribution in [1.82, 2.24) is 0 Å². The van der Waals surface area contributed by atoms with E-state index in [9.17, 15) is 0 Å². The molecule has 0 saturated carbocycles. The van der Waals surface area contributed by atoms with Gasteiger partial charge < -0.3 is 14.0 Å². The summed E-state index contributed by atoms with van der Waals surface area (Å²) in [5.41, 5.74) is 0. The van der Waals surface area contributed by atoms with Crippen LogP contribution in [0.2, 0.25) is 12.1 Å². The van der Waals surface area contributed by atoms with Crippen LogP contribution in [0, 0.1) is 14.0 Å². The first-order valence-electron chi connectivity index (χ1n) is 3.22. The Kier molecular flexibility index (Phi) is 9.67. The number of hydrogen-bond donors (Lipinski definition) is 0. The van der Waals surface area contributed by atoms with E-state index in [1.807, 2.05) is 0 Å². The minimum absolute atomic E-state index is 0. The smallest absolute Gasteiger partial charge is 0.358 e. The maximum absolute atomic E-state index is 4.14. The first-order chi connectivity index (χ1) is 3.39. The summed E-state index contributed by atoms with van der Waals surface area (Å²) < 4.78 is 0. The Labute approximate surface area is 73.8 Å². The van der Waals surface area contributed by atoms with Gasteiger partial charge in [0, 0.05) is 0 Å². The zero-order chi connectivity index (χ0) is 5.11. The topological polar surface area (TPSA) is 0 Å². The van der Waals surface area contributed by atoms with Gasteiger partial charge in [0.25, 0.3) is 0 Å². The van der Waals surface area contributed by atoms with Gasteiger partial charge in [-0.1, -0.05) is 31.4 Å². The Balaban J connectivity index is 0. The summed E-state index contributed by atoms with van der Waals surface area (Å²) in [4.78, 5) is 0. The predicted molar refractivity (Wildman–Crippen MR) is 42.4 cm³/mol. The molecule has 2 heteroatoms. The van der Waals surface area contributed by atoms with Crippen LogP contribution in [0.25, 0.3) is 0 Å². The largest absolute Gasteiger partial charge is 2.00 e. The second kappa shape index (κ2) is 6.95. The summed E-state index contributed by atoms with van der Waals surface area (Å²) in [5.74, 6) is 0. The summed E-state index contributed by atoms with van der Waals surface area (Å²) in [6.07, 6.45) is 4.46. The summed E-state index contributed by atoms with van der Waals surface area (Å²) >= 11 is 0. The molecule has 0 amide bonds. The van der Waals surface area contributed by atoms with Crippen molar-refractivity contribution in [3.8, 4) is 0 Å². The summed E-state index contributed by atoms with van der Waals surface area (Å²) in [5, 5.41) is 0. The quantitative estimate of drug-likeness (QED) is 0.409.